The third-order valence-corrected chi connectivity index (χ3v) is 4.05. The molecule has 2 rings (SSSR count). The first-order valence-electron chi connectivity index (χ1n) is 7.70. The highest BCUT2D eigenvalue weighted by Gasteiger charge is 2.32. The normalized spacial score (nSPS) is 21.3. The van der Waals surface area contributed by atoms with Crippen LogP contribution in [-0.4, -0.2) is 18.6 Å². The number of carbonyl (C=O) groups is 1. The van der Waals surface area contributed by atoms with E-state index in [0.717, 1.165) is 31.4 Å². The second-order valence-electron chi connectivity index (χ2n) is 5.75. The lowest BCUT2D eigenvalue weighted by atomic mass is 10.00. The fourth-order valence-corrected chi connectivity index (χ4v) is 2.84. The maximum atomic E-state index is 12.8. The van der Waals surface area contributed by atoms with Crippen molar-refractivity contribution in [3.8, 4) is 5.75 Å². The van der Waals surface area contributed by atoms with E-state index in [1.54, 1.807) is 6.92 Å². The summed E-state index contributed by atoms with van der Waals surface area (Å²) in [6.45, 7) is 2.02. The van der Waals surface area contributed by atoms with Gasteiger partial charge in [-0.3, -0.25) is 4.79 Å². The van der Waals surface area contributed by atoms with Crippen molar-refractivity contribution >= 4 is 11.6 Å². The monoisotopic (exact) mass is 330 g/mol. The van der Waals surface area contributed by atoms with Gasteiger partial charge in [-0.05, 0) is 43.9 Å². The molecular weight excluding hydrogens is 309 g/mol. The van der Waals surface area contributed by atoms with Crippen molar-refractivity contribution in [2.45, 2.75) is 44.8 Å². The topological polar surface area (TPSA) is 64.3 Å². The van der Waals surface area contributed by atoms with E-state index in [1.165, 1.54) is 6.07 Å². The Labute approximate surface area is 133 Å². The highest BCUT2D eigenvalue weighted by Crippen LogP contribution is 2.35. The summed E-state index contributed by atoms with van der Waals surface area (Å²) in [5, 5.41) is 2.54. The lowest BCUT2D eigenvalue weighted by Gasteiger charge is -2.17. The number of rotatable bonds is 5. The van der Waals surface area contributed by atoms with E-state index in [1.807, 2.05) is 0 Å². The van der Waals surface area contributed by atoms with Gasteiger partial charge >= 0.3 is 6.18 Å². The highest BCUT2D eigenvalue weighted by molar-refractivity contribution is 5.92. The number of nitrogens with one attached hydrogen (secondary N) is 1. The Morgan fingerprint density at radius 2 is 2.13 bits per heavy atom. The van der Waals surface area contributed by atoms with E-state index in [2.05, 4.69) is 5.32 Å². The van der Waals surface area contributed by atoms with Gasteiger partial charge in [-0.25, -0.2) is 0 Å². The number of anilines is 1. The molecule has 128 valence electrons. The number of benzene rings is 1. The Kier molecular flexibility index (Phi) is 5.51. The third-order valence-electron chi connectivity index (χ3n) is 4.05. The molecule has 0 bridgehead atoms. The van der Waals surface area contributed by atoms with Crippen molar-refractivity contribution in [3.63, 3.8) is 0 Å². The number of hydrogen-bond acceptors (Lipinski definition) is 3. The molecule has 1 aliphatic rings. The lowest BCUT2D eigenvalue weighted by molar-refractivity contribution is -0.137. The van der Waals surface area contributed by atoms with Crippen LogP contribution in [0.25, 0.3) is 0 Å². The van der Waals surface area contributed by atoms with Crippen LogP contribution in [0.15, 0.2) is 18.2 Å². The Bertz CT molecular complexity index is 561. The van der Waals surface area contributed by atoms with Crippen LogP contribution >= 0.6 is 0 Å². The number of hydrogen-bond donors (Lipinski definition) is 2. The van der Waals surface area contributed by atoms with Gasteiger partial charge in [0.25, 0.3) is 0 Å². The summed E-state index contributed by atoms with van der Waals surface area (Å²) in [7, 11) is 0. The van der Waals surface area contributed by atoms with Crippen molar-refractivity contribution in [2.75, 3.05) is 11.9 Å². The average Bonchev–Trinajstić information content (AvgIpc) is 2.85. The van der Waals surface area contributed by atoms with Crippen molar-refractivity contribution in [1.82, 2.24) is 0 Å². The van der Waals surface area contributed by atoms with Crippen molar-refractivity contribution in [2.24, 2.45) is 11.7 Å². The summed E-state index contributed by atoms with van der Waals surface area (Å²) < 4.78 is 43.8. The molecule has 1 aliphatic carbocycles. The smallest absolute Gasteiger partial charge is 0.416 e. The summed E-state index contributed by atoms with van der Waals surface area (Å²) in [5.41, 5.74) is 5.14. The van der Waals surface area contributed by atoms with Crippen LogP contribution in [0.4, 0.5) is 18.9 Å². The van der Waals surface area contributed by atoms with Gasteiger partial charge in [0.05, 0.1) is 17.9 Å². The van der Waals surface area contributed by atoms with E-state index in [4.69, 9.17) is 10.5 Å². The largest absolute Gasteiger partial charge is 0.492 e. The molecule has 4 nitrogen and oxygen atoms in total. The first-order valence-corrected chi connectivity index (χ1v) is 7.70. The van der Waals surface area contributed by atoms with Crippen LogP contribution in [0.1, 0.15) is 38.2 Å². The maximum absolute atomic E-state index is 12.8. The van der Waals surface area contributed by atoms with Gasteiger partial charge in [-0.15, -0.1) is 0 Å². The minimum Gasteiger partial charge on any atom is -0.492 e. The first kappa shape index (κ1) is 17.6. The average molecular weight is 330 g/mol. The third kappa shape index (κ3) is 4.60. The summed E-state index contributed by atoms with van der Waals surface area (Å²) in [6, 6.07) is 3.04. The summed E-state index contributed by atoms with van der Waals surface area (Å²) >= 11 is 0. The van der Waals surface area contributed by atoms with Gasteiger partial charge in [-0.2, -0.15) is 13.2 Å². The zero-order valence-corrected chi connectivity index (χ0v) is 13.0. The number of halogens is 3. The molecule has 2 atom stereocenters. The van der Waals surface area contributed by atoms with E-state index >= 15 is 0 Å². The molecule has 7 heteroatoms. The minimum atomic E-state index is -4.47. The molecule has 0 heterocycles. The first-order chi connectivity index (χ1) is 10.8. The second kappa shape index (κ2) is 7.21. The molecule has 0 aliphatic heterocycles. The van der Waals surface area contributed by atoms with E-state index in [0.29, 0.717) is 6.61 Å². The van der Waals surface area contributed by atoms with E-state index in [-0.39, 0.29) is 35.7 Å². The SMILES string of the molecule is CCOc1ccc(C(F)(F)F)cc1NC(=O)C[C@@H]1CCC[C@H]1N. The molecule has 1 amide bonds. The van der Waals surface area contributed by atoms with Gasteiger partial charge in [0, 0.05) is 12.5 Å². The summed E-state index contributed by atoms with van der Waals surface area (Å²) in [5.74, 6) is -0.0338. The van der Waals surface area contributed by atoms with Crippen LogP contribution in [0.3, 0.4) is 0 Å². The van der Waals surface area contributed by atoms with Crippen LogP contribution in [0, 0.1) is 5.92 Å². The minimum absolute atomic E-state index is 0.0198. The number of alkyl halides is 3. The molecular formula is C16H21F3N2O2. The zero-order chi connectivity index (χ0) is 17.0. The molecule has 0 radical (unpaired) electrons. The number of nitrogens with two attached hydrogens (primary N) is 1. The van der Waals surface area contributed by atoms with Crippen molar-refractivity contribution < 1.29 is 22.7 Å². The fraction of sp³-hybridized carbons (Fsp3) is 0.562. The molecule has 23 heavy (non-hydrogen) atoms. The molecule has 1 saturated carbocycles. The van der Waals surface area contributed by atoms with E-state index in [9.17, 15) is 18.0 Å². The fourth-order valence-electron chi connectivity index (χ4n) is 2.84. The second-order valence-corrected chi connectivity index (χ2v) is 5.75. The van der Waals surface area contributed by atoms with Gasteiger partial charge in [-0.1, -0.05) is 6.42 Å². The molecule has 3 N–H and O–H groups in total. The number of amides is 1. The zero-order valence-electron chi connectivity index (χ0n) is 13.0. The number of ether oxygens (including phenoxy) is 1. The van der Waals surface area contributed by atoms with Crippen molar-refractivity contribution in [1.29, 1.82) is 0 Å². The standard InChI is InChI=1S/C16H21F3N2O2/c1-2-23-14-7-6-11(16(17,18)19)9-13(14)21-15(22)8-10-4-3-5-12(10)20/h6-7,9-10,12H,2-5,8,20H2,1H3,(H,21,22)/t10-,12+/m0/s1. The van der Waals surface area contributed by atoms with Crippen LogP contribution in [0.2, 0.25) is 0 Å². The molecule has 1 fully saturated rings. The van der Waals surface area contributed by atoms with Gasteiger partial charge < -0.3 is 15.8 Å². The molecule has 1 aromatic carbocycles. The van der Waals surface area contributed by atoms with E-state index < -0.39 is 11.7 Å². The van der Waals surface area contributed by atoms with Crippen LogP contribution in [-0.2, 0) is 11.0 Å². The summed E-state index contributed by atoms with van der Waals surface area (Å²) in [6.07, 6.45) is -1.53. The van der Waals surface area contributed by atoms with Crippen LogP contribution in [0.5, 0.6) is 5.75 Å². The van der Waals surface area contributed by atoms with Gasteiger partial charge in [0.1, 0.15) is 5.75 Å². The van der Waals surface area contributed by atoms with Crippen LogP contribution < -0.4 is 15.8 Å². The summed E-state index contributed by atoms with van der Waals surface area (Å²) in [4.78, 5) is 12.1. The Morgan fingerprint density at radius 1 is 1.39 bits per heavy atom. The highest BCUT2D eigenvalue weighted by atomic mass is 19.4. The Hall–Kier alpha value is -1.76. The lowest BCUT2D eigenvalue weighted by Crippen LogP contribution is -2.28. The molecule has 0 saturated heterocycles. The molecule has 0 aromatic heterocycles. The predicted octanol–water partition coefficient (Wildman–Crippen LogP) is 3.56. The Morgan fingerprint density at radius 3 is 2.70 bits per heavy atom. The molecule has 0 spiro atoms. The quantitative estimate of drug-likeness (QED) is 0.867. The van der Waals surface area contributed by atoms with Gasteiger partial charge in [0.15, 0.2) is 0 Å². The maximum Gasteiger partial charge on any atom is 0.416 e. The van der Waals surface area contributed by atoms with Gasteiger partial charge in [0.2, 0.25) is 5.91 Å². The molecule has 1 aromatic rings. The predicted molar refractivity (Wildman–Crippen MR) is 81.2 cm³/mol. The van der Waals surface area contributed by atoms with Crippen molar-refractivity contribution in [3.05, 3.63) is 23.8 Å². The Balaban J connectivity index is 2.13. The molecule has 0 unspecified atom stereocenters. The number of carbonyl (C=O) groups excluding carboxylic acids is 1.